The summed E-state index contributed by atoms with van der Waals surface area (Å²) in [6.45, 7) is 9.09. The van der Waals surface area contributed by atoms with Crippen LogP contribution >= 0.6 is 0 Å². The smallest absolute Gasteiger partial charge is 0.0542 e. The lowest BCUT2D eigenvalue weighted by atomic mass is 9.92. The molecule has 0 aliphatic carbocycles. The summed E-state index contributed by atoms with van der Waals surface area (Å²) < 4.78 is 2.44. The van der Waals surface area contributed by atoms with Gasteiger partial charge in [-0.1, -0.05) is 64.1 Å². The first-order chi connectivity index (χ1) is 12.5. The van der Waals surface area contributed by atoms with Gasteiger partial charge in [0.05, 0.1) is 16.7 Å². The van der Waals surface area contributed by atoms with Crippen LogP contribution in [0, 0.1) is 0 Å². The van der Waals surface area contributed by atoms with Crippen molar-refractivity contribution in [2.45, 2.75) is 39.5 Å². The van der Waals surface area contributed by atoms with Crippen molar-refractivity contribution in [3.05, 3.63) is 71.8 Å². The molecule has 2 N–H and O–H groups in total. The fourth-order valence-electron chi connectivity index (χ4n) is 4.00. The number of benzene rings is 3. The van der Waals surface area contributed by atoms with Crippen molar-refractivity contribution in [1.29, 1.82) is 0 Å². The fourth-order valence-corrected chi connectivity index (χ4v) is 4.00. The summed E-state index contributed by atoms with van der Waals surface area (Å²) in [4.78, 5) is 0. The molecule has 2 heteroatoms. The van der Waals surface area contributed by atoms with Gasteiger partial charge in [0.2, 0.25) is 0 Å². The Morgan fingerprint density at radius 1 is 0.692 bits per heavy atom. The molecule has 0 fully saturated rings. The minimum Gasteiger partial charge on any atom is -0.399 e. The molecule has 0 saturated heterocycles. The van der Waals surface area contributed by atoms with Crippen LogP contribution in [0.15, 0.2) is 60.7 Å². The van der Waals surface area contributed by atoms with Gasteiger partial charge in [-0.25, -0.2) is 0 Å². The molecule has 132 valence electrons. The molecule has 0 bridgehead atoms. The fraction of sp³-hybridized carbons (Fsp3) is 0.250. The van der Waals surface area contributed by atoms with Crippen LogP contribution < -0.4 is 5.73 Å². The van der Waals surface area contributed by atoms with Crippen LogP contribution in [-0.2, 0) is 0 Å². The number of anilines is 1. The predicted molar refractivity (Wildman–Crippen MR) is 113 cm³/mol. The molecule has 0 radical (unpaired) electrons. The largest absolute Gasteiger partial charge is 0.399 e. The summed E-state index contributed by atoms with van der Waals surface area (Å²) in [5.41, 5.74) is 13.5. The van der Waals surface area contributed by atoms with Gasteiger partial charge in [-0.15, -0.1) is 0 Å². The van der Waals surface area contributed by atoms with E-state index >= 15 is 0 Å². The van der Waals surface area contributed by atoms with E-state index in [-0.39, 0.29) is 0 Å². The van der Waals surface area contributed by atoms with Gasteiger partial charge in [-0.05, 0) is 47.2 Å². The second-order valence-corrected chi connectivity index (χ2v) is 7.72. The molecule has 2 nitrogen and oxygen atoms in total. The maximum Gasteiger partial charge on any atom is 0.0542 e. The Morgan fingerprint density at radius 3 is 1.96 bits per heavy atom. The molecule has 26 heavy (non-hydrogen) atoms. The minimum absolute atomic E-state index is 0.452. The summed E-state index contributed by atoms with van der Waals surface area (Å²) in [5.74, 6) is 0.905. The lowest BCUT2D eigenvalue weighted by molar-refractivity contribution is 0.815. The van der Waals surface area contributed by atoms with Crippen molar-refractivity contribution >= 4 is 27.5 Å². The number of nitrogens with zero attached hydrogens (tertiary/aromatic N) is 1. The molecule has 0 amide bonds. The third kappa shape index (κ3) is 2.48. The topological polar surface area (TPSA) is 30.9 Å². The van der Waals surface area contributed by atoms with Crippen LogP contribution in [0.3, 0.4) is 0 Å². The summed E-state index contributed by atoms with van der Waals surface area (Å²) in [6, 6.07) is 21.6. The summed E-state index contributed by atoms with van der Waals surface area (Å²) in [6.07, 6.45) is 0. The summed E-state index contributed by atoms with van der Waals surface area (Å²) >= 11 is 0. The zero-order valence-corrected chi connectivity index (χ0v) is 16.0. The molecular formula is C24H26N2. The molecule has 0 aliphatic rings. The number of hydrogen-bond donors (Lipinski definition) is 1. The highest BCUT2D eigenvalue weighted by atomic mass is 15.0. The highest BCUT2D eigenvalue weighted by Crippen LogP contribution is 2.38. The second kappa shape index (κ2) is 6.21. The molecule has 4 rings (SSSR count). The Bertz CT molecular complexity index is 1070. The van der Waals surface area contributed by atoms with Gasteiger partial charge in [0.1, 0.15) is 0 Å². The lowest BCUT2D eigenvalue weighted by Crippen LogP contribution is -2.07. The van der Waals surface area contributed by atoms with Gasteiger partial charge in [0.15, 0.2) is 0 Å². The average molecular weight is 342 g/mol. The SMILES string of the molecule is CC(C)c1cccc(C(C)C)c1-n1c2ccccc2c2cc(N)ccc21. The average Bonchev–Trinajstić information content (AvgIpc) is 2.94. The van der Waals surface area contributed by atoms with Crippen molar-refractivity contribution < 1.29 is 0 Å². The molecule has 0 unspecified atom stereocenters. The van der Waals surface area contributed by atoms with Gasteiger partial charge in [-0.3, -0.25) is 0 Å². The van der Waals surface area contributed by atoms with Crippen LogP contribution in [0.4, 0.5) is 5.69 Å². The first-order valence-electron chi connectivity index (χ1n) is 9.41. The third-order valence-corrected chi connectivity index (χ3v) is 5.26. The van der Waals surface area contributed by atoms with Gasteiger partial charge in [-0.2, -0.15) is 0 Å². The molecule has 0 atom stereocenters. The first kappa shape index (κ1) is 16.7. The van der Waals surface area contributed by atoms with Crippen LogP contribution in [0.2, 0.25) is 0 Å². The summed E-state index contributed by atoms with van der Waals surface area (Å²) in [7, 11) is 0. The number of fused-ring (bicyclic) bond motifs is 3. The maximum absolute atomic E-state index is 6.11. The number of nitrogens with two attached hydrogens (primary N) is 1. The third-order valence-electron chi connectivity index (χ3n) is 5.26. The van der Waals surface area contributed by atoms with Crippen LogP contribution in [0.25, 0.3) is 27.5 Å². The predicted octanol–water partition coefficient (Wildman–Crippen LogP) is 6.61. The van der Waals surface area contributed by atoms with E-state index in [0.717, 1.165) is 5.69 Å². The Kier molecular flexibility index (Phi) is 3.99. The van der Waals surface area contributed by atoms with E-state index in [1.54, 1.807) is 0 Å². The van der Waals surface area contributed by atoms with E-state index in [1.807, 2.05) is 6.07 Å². The number of hydrogen-bond acceptors (Lipinski definition) is 1. The van der Waals surface area contributed by atoms with E-state index in [9.17, 15) is 0 Å². The number of para-hydroxylation sites is 2. The first-order valence-corrected chi connectivity index (χ1v) is 9.41. The number of aromatic nitrogens is 1. The Balaban J connectivity index is 2.22. The van der Waals surface area contributed by atoms with Crippen molar-refractivity contribution in [3.63, 3.8) is 0 Å². The zero-order valence-electron chi connectivity index (χ0n) is 16.0. The van der Waals surface area contributed by atoms with E-state index in [2.05, 4.69) is 86.9 Å². The van der Waals surface area contributed by atoms with E-state index in [0.29, 0.717) is 11.8 Å². The normalized spacial score (nSPS) is 11.9. The van der Waals surface area contributed by atoms with Crippen LogP contribution in [0.5, 0.6) is 0 Å². The number of nitrogen functional groups attached to an aromatic ring is 1. The zero-order chi connectivity index (χ0) is 18.4. The van der Waals surface area contributed by atoms with Gasteiger partial charge in [0.25, 0.3) is 0 Å². The van der Waals surface area contributed by atoms with E-state index in [1.165, 1.54) is 38.6 Å². The number of rotatable bonds is 3. The van der Waals surface area contributed by atoms with E-state index in [4.69, 9.17) is 5.73 Å². The van der Waals surface area contributed by atoms with Crippen LogP contribution in [-0.4, -0.2) is 4.57 Å². The molecule has 0 spiro atoms. The molecule has 1 heterocycles. The molecule has 4 aromatic rings. The molecule has 1 aromatic heterocycles. The van der Waals surface area contributed by atoms with Crippen molar-refractivity contribution in [3.8, 4) is 5.69 Å². The van der Waals surface area contributed by atoms with E-state index < -0.39 is 0 Å². The van der Waals surface area contributed by atoms with Crippen molar-refractivity contribution in [2.75, 3.05) is 5.73 Å². The molecular weight excluding hydrogens is 316 g/mol. The standard InChI is InChI=1S/C24H26N2/c1-15(2)18-9-7-10-19(16(3)4)24(18)26-22-11-6-5-8-20(22)21-14-17(25)12-13-23(21)26/h5-16H,25H2,1-4H3. The van der Waals surface area contributed by atoms with Crippen molar-refractivity contribution in [1.82, 2.24) is 4.57 Å². The highest BCUT2D eigenvalue weighted by molar-refractivity contribution is 6.10. The Morgan fingerprint density at radius 2 is 1.31 bits per heavy atom. The van der Waals surface area contributed by atoms with Crippen LogP contribution in [0.1, 0.15) is 50.7 Å². The summed E-state index contributed by atoms with van der Waals surface area (Å²) in [5, 5.41) is 2.47. The van der Waals surface area contributed by atoms with Gasteiger partial charge >= 0.3 is 0 Å². The maximum atomic E-state index is 6.11. The lowest BCUT2D eigenvalue weighted by Gasteiger charge is -2.22. The minimum atomic E-state index is 0.452. The van der Waals surface area contributed by atoms with Gasteiger partial charge in [0, 0.05) is 16.5 Å². The Hall–Kier alpha value is -2.74. The monoisotopic (exact) mass is 342 g/mol. The van der Waals surface area contributed by atoms with Gasteiger partial charge < -0.3 is 10.3 Å². The highest BCUT2D eigenvalue weighted by Gasteiger charge is 2.20. The molecule has 0 saturated carbocycles. The Labute approximate surface area is 155 Å². The van der Waals surface area contributed by atoms with Crippen molar-refractivity contribution in [2.24, 2.45) is 0 Å². The second-order valence-electron chi connectivity index (χ2n) is 7.72. The quantitative estimate of drug-likeness (QED) is 0.417. The molecule has 0 aliphatic heterocycles. The molecule has 3 aromatic carbocycles.